The van der Waals surface area contributed by atoms with Crippen molar-refractivity contribution in [2.24, 2.45) is 5.92 Å². The van der Waals surface area contributed by atoms with Crippen molar-refractivity contribution in [3.05, 3.63) is 65.2 Å². The van der Waals surface area contributed by atoms with Crippen molar-refractivity contribution in [1.29, 1.82) is 0 Å². The molecule has 2 aromatic rings. The first-order chi connectivity index (χ1) is 11.6. The fourth-order valence-corrected chi connectivity index (χ4v) is 3.14. The fraction of sp³-hybridized carbons (Fsp3) is 0.263. The van der Waals surface area contributed by atoms with Crippen molar-refractivity contribution in [2.75, 3.05) is 18.4 Å². The van der Waals surface area contributed by atoms with Gasteiger partial charge >= 0.3 is 0 Å². The highest BCUT2D eigenvalue weighted by atomic mass is 35.5. The van der Waals surface area contributed by atoms with Gasteiger partial charge in [0, 0.05) is 29.4 Å². The largest absolute Gasteiger partial charge is 0.338 e. The number of benzene rings is 2. The minimum Gasteiger partial charge on any atom is -0.338 e. The summed E-state index contributed by atoms with van der Waals surface area (Å²) in [5, 5.41) is 3.46. The first-order valence-corrected chi connectivity index (χ1v) is 8.42. The topological polar surface area (TPSA) is 49.4 Å². The molecular formula is C19H19ClN2O2. The van der Waals surface area contributed by atoms with Gasteiger partial charge in [0.25, 0.3) is 5.91 Å². The van der Waals surface area contributed by atoms with Crippen LogP contribution in [0.3, 0.4) is 0 Å². The lowest BCUT2D eigenvalue weighted by Crippen LogP contribution is -2.43. The molecule has 0 unspecified atom stereocenters. The predicted molar refractivity (Wildman–Crippen MR) is 95.2 cm³/mol. The van der Waals surface area contributed by atoms with E-state index in [0.717, 1.165) is 18.5 Å². The van der Waals surface area contributed by atoms with Crippen LogP contribution in [0.4, 0.5) is 5.69 Å². The molecule has 24 heavy (non-hydrogen) atoms. The average Bonchev–Trinajstić information content (AvgIpc) is 2.62. The van der Waals surface area contributed by atoms with Gasteiger partial charge in [0.1, 0.15) is 0 Å². The Morgan fingerprint density at radius 1 is 1.08 bits per heavy atom. The average molecular weight is 343 g/mol. The molecule has 2 amide bonds. The molecule has 1 saturated heterocycles. The van der Waals surface area contributed by atoms with Gasteiger partial charge in [-0.2, -0.15) is 0 Å². The summed E-state index contributed by atoms with van der Waals surface area (Å²) in [7, 11) is 0. The zero-order valence-electron chi connectivity index (χ0n) is 13.2. The van der Waals surface area contributed by atoms with E-state index in [2.05, 4.69) is 5.32 Å². The lowest BCUT2D eigenvalue weighted by molar-refractivity contribution is -0.121. The van der Waals surface area contributed by atoms with Crippen LogP contribution in [-0.4, -0.2) is 29.8 Å². The number of nitrogens with zero attached hydrogens (tertiary/aromatic N) is 1. The van der Waals surface area contributed by atoms with Gasteiger partial charge < -0.3 is 10.2 Å². The van der Waals surface area contributed by atoms with Crippen molar-refractivity contribution in [3.63, 3.8) is 0 Å². The summed E-state index contributed by atoms with van der Waals surface area (Å²) in [6.07, 6.45) is 1.61. The Morgan fingerprint density at radius 2 is 1.88 bits per heavy atom. The number of hydrogen-bond acceptors (Lipinski definition) is 2. The molecule has 1 aliphatic rings. The van der Waals surface area contributed by atoms with Crippen molar-refractivity contribution in [1.82, 2.24) is 4.90 Å². The zero-order valence-corrected chi connectivity index (χ0v) is 14.0. The van der Waals surface area contributed by atoms with Crippen LogP contribution in [0.5, 0.6) is 0 Å². The van der Waals surface area contributed by atoms with Crippen LogP contribution < -0.4 is 5.32 Å². The maximum atomic E-state index is 12.6. The van der Waals surface area contributed by atoms with Gasteiger partial charge in [-0.25, -0.2) is 0 Å². The minimum absolute atomic E-state index is 0.0372. The number of halogens is 1. The molecule has 1 aliphatic heterocycles. The standard InChI is InChI=1S/C19H19ClN2O2/c20-16-8-4-6-14(12-16)19(24)22-11-5-7-15(13-22)18(23)21-17-9-2-1-3-10-17/h1-4,6,8-10,12,15H,5,7,11,13H2,(H,21,23)/t15-/m1/s1. The summed E-state index contributed by atoms with van der Waals surface area (Å²) in [6, 6.07) is 16.3. The molecule has 1 heterocycles. The van der Waals surface area contributed by atoms with E-state index in [-0.39, 0.29) is 17.7 Å². The van der Waals surface area contributed by atoms with Gasteiger partial charge in [0.05, 0.1) is 5.92 Å². The Labute approximate surface area is 146 Å². The third kappa shape index (κ3) is 3.95. The number of carbonyl (C=O) groups is 2. The third-order valence-corrected chi connectivity index (χ3v) is 4.43. The molecule has 0 radical (unpaired) electrons. The molecule has 1 fully saturated rings. The number of hydrogen-bond donors (Lipinski definition) is 1. The molecule has 5 heteroatoms. The zero-order chi connectivity index (χ0) is 16.9. The molecule has 0 bridgehead atoms. The van der Waals surface area contributed by atoms with Crippen LogP contribution in [0.25, 0.3) is 0 Å². The van der Waals surface area contributed by atoms with Crippen LogP contribution in [0.1, 0.15) is 23.2 Å². The predicted octanol–water partition coefficient (Wildman–Crippen LogP) is 3.83. The Kier molecular flexibility index (Phi) is 5.16. The van der Waals surface area contributed by atoms with E-state index in [9.17, 15) is 9.59 Å². The summed E-state index contributed by atoms with van der Waals surface area (Å²) in [5.74, 6) is -0.304. The lowest BCUT2D eigenvalue weighted by Gasteiger charge is -2.32. The van der Waals surface area contributed by atoms with Crippen LogP contribution in [0, 0.1) is 5.92 Å². The highest BCUT2D eigenvalue weighted by molar-refractivity contribution is 6.30. The van der Waals surface area contributed by atoms with E-state index < -0.39 is 0 Å². The number of anilines is 1. The number of nitrogens with one attached hydrogen (secondary N) is 1. The van der Waals surface area contributed by atoms with Crippen molar-refractivity contribution >= 4 is 29.1 Å². The maximum Gasteiger partial charge on any atom is 0.253 e. The molecule has 0 spiro atoms. The Hall–Kier alpha value is -2.33. The molecule has 1 atom stereocenters. The highest BCUT2D eigenvalue weighted by Crippen LogP contribution is 2.21. The molecular weight excluding hydrogens is 324 g/mol. The molecule has 0 aliphatic carbocycles. The SMILES string of the molecule is O=C(Nc1ccccc1)[C@@H]1CCCN(C(=O)c2cccc(Cl)c2)C1. The number of likely N-dealkylation sites (tertiary alicyclic amines) is 1. The second-order valence-electron chi connectivity index (χ2n) is 5.96. The molecule has 4 nitrogen and oxygen atoms in total. The van der Waals surface area contributed by atoms with Gasteiger partial charge in [-0.15, -0.1) is 0 Å². The lowest BCUT2D eigenvalue weighted by atomic mass is 9.96. The smallest absolute Gasteiger partial charge is 0.253 e. The van der Waals surface area contributed by atoms with E-state index in [1.807, 2.05) is 30.3 Å². The maximum absolute atomic E-state index is 12.6. The Morgan fingerprint density at radius 3 is 2.62 bits per heavy atom. The van der Waals surface area contributed by atoms with Gasteiger partial charge in [-0.1, -0.05) is 35.9 Å². The molecule has 3 rings (SSSR count). The highest BCUT2D eigenvalue weighted by Gasteiger charge is 2.29. The summed E-state index contributed by atoms with van der Waals surface area (Å²) in [6.45, 7) is 1.10. The van der Waals surface area contributed by atoms with E-state index >= 15 is 0 Å². The number of piperidine rings is 1. The second-order valence-corrected chi connectivity index (χ2v) is 6.39. The molecule has 0 aromatic heterocycles. The first-order valence-electron chi connectivity index (χ1n) is 8.04. The van der Waals surface area contributed by atoms with Gasteiger partial charge in [-0.3, -0.25) is 9.59 Å². The van der Waals surface area contributed by atoms with E-state index in [4.69, 9.17) is 11.6 Å². The Bertz CT molecular complexity index is 733. The minimum atomic E-state index is -0.193. The number of amides is 2. The quantitative estimate of drug-likeness (QED) is 0.921. The number of para-hydroxylation sites is 1. The normalized spacial score (nSPS) is 17.4. The molecule has 0 saturated carbocycles. The summed E-state index contributed by atoms with van der Waals surface area (Å²) in [5.41, 5.74) is 1.34. The summed E-state index contributed by atoms with van der Waals surface area (Å²) >= 11 is 5.96. The Balaban J connectivity index is 1.65. The van der Waals surface area contributed by atoms with Crippen molar-refractivity contribution < 1.29 is 9.59 Å². The summed E-state index contributed by atoms with van der Waals surface area (Å²) in [4.78, 5) is 26.8. The van der Waals surface area contributed by atoms with E-state index in [1.165, 1.54) is 0 Å². The second kappa shape index (κ2) is 7.49. The van der Waals surface area contributed by atoms with E-state index in [0.29, 0.717) is 23.7 Å². The molecule has 1 N–H and O–H groups in total. The molecule has 124 valence electrons. The van der Waals surface area contributed by atoms with Crippen molar-refractivity contribution in [3.8, 4) is 0 Å². The fourth-order valence-electron chi connectivity index (χ4n) is 2.95. The van der Waals surface area contributed by atoms with Crippen molar-refractivity contribution in [2.45, 2.75) is 12.8 Å². The number of rotatable bonds is 3. The van der Waals surface area contributed by atoms with Gasteiger partial charge in [-0.05, 0) is 43.2 Å². The summed E-state index contributed by atoms with van der Waals surface area (Å²) < 4.78 is 0. The first kappa shape index (κ1) is 16.5. The van der Waals surface area contributed by atoms with Gasteiger partial charge in [0.2, 0.25) is 5.91 Å². The molecule has 2 aromatic carbocycles. The van der Waals surface area contributed by atoms with Crippen LogP contribution in [0.2, 0.25) is 5.02 Å². The van der Waals surface area contributed by atoms with Gasteiger partial charge in [0.15, 0.2) is 0 Å². The van der Waals surface area contributed by atoms with Crippen LogP contribution in [-0.2, 0) is 4.79 Å². The third-order valence-electron chi connectivity index (χ3n) is 4.19. The van der Waals surface area contributed by atoms with Crippen LogP contribution >= 0.6 is 11.6 Å². The van der Waals surface area contributed by atoms with E-state index in [1.54, 1.807) is 29.2 Å². The van der Waals surface area contributed by atoms with Crippen LogP contribution in [0.15, 0.2) is 54.6 Å². The number of carbonyl (C=O) groups excluding carboxylic acids is 2. The monoisotopic (exact) mass is 342 g/mol.